The molecule has 1 N–H and O–H groups in total. The van der Waals surface area contributed by atoms with Gasteiger partial charge in [-0.2, -0.15) is 0 Å². The minimum atomic E-state index is -0.173. The van der Waals surface area contributed by atoms with Gasteiger partial charge in [0.2, 0.25) is 5.91 Å². The second-order valence-corrected chi connectivity index (χ2v) is 8.14. The normalized spacial score (nSPS) is 11.0. The van der Waals surface area contributed by atoms with Crippen LogP contribution < -0.4 is 10.1 Å². The van der Waals surface area contributed by atoms with Crippen LogP contribution in [0.15, 0.2) is 54.7 Å². The van der Waals surface area contributed by atoms with Gasteiger partial charge in [-0.1, -0.05) is 23.7 Å². The number of amides is 1. The van der Waals surface area contributed by atoms with Crippen LogP contribution in [-0.2, 0) is 11.2 Å². The van der Waals surface area contributed by atoms with E-state index in [0.29, 0.717) is 16.5 Å². The Bertz CT molecular complexity index is 1290. The van der Waals surface area contributed by atoms with Gasteiger partial charge in [0.15, 0.2) is 0 Å². The van der Waals surface area contributed by atoms with Gasteiger partial charge in [-0.25, -0.2) is 4.98 Å². The summed E-state index contributed by atoms with van der Waals surface area (Å²) in [5.74, 6) is 0.383. The fourth-order valence-corrected chi connectivity index (χ4v) is 3.78. The number of nitrogens with zero attached hydrogens (tertiary/aromatic N) is 2. The van der Waals surface area contributed by atoms with Crippen LogP contribution in [0.2, 0.25) is 5.02 Å². The van der Waals surface area contributed by atoms with Gasteiger partial charge < -0.3 is 14.5 Å². The van der Waals surface area contributed by atoms with Crippen LogP contribution in [-0.4, -0.2) is 22.4 Å². The number of rotatable bonds is 5. The average Bonchev–Trinajstić information content (AvgIpc) is 3.07. The van der Waals surface area contributed by atoms with E-state index in [1.54, 1.807) is 25.3 Å². The Labute approximate surface area is 186 Å². The number of aromatic nitrogens is 2. The molecule has 0 bridgehead atoms. The second-order valence-electron chi connectivity index (χ2n) is 7.71. The predicted octanol–water partition coefficient (Wildman–Crippen LogP) is 5.77. The van der Waals surface area contributed by atoms with Crippen LogP contribution in [0, 0.1) is 20.8 Å². The number of anilines is 1. The van der Waals surface area contributed by atoms with Gasteiger partial charge in [0.25, 0.3) is 0 Å². The lowest BCUT2D eigenvalue weighted by atomic mass is 10.0. The van der Waals surface area contributed by atoms with Crippen LogP contribution in [0.25, 0.3) is 16.9 Å². The lowest BCUT2D eigenvalue weighted by molar-refractivity contribution is -0.115. The summed E-state index contributed by atoms with van der Waals surface area (Å²) in [7, 11) is 1.56. The molecular weight excluding hydrogens is 410 g/mol. The number of hydrogen-bond acceptors (Lipinski definition) is 3. The summed E-state index contributed by atoms with van der Waals surface area (Å²) in [5.41, 5.74) is 7.50. The molecule has 0 atom stereocenters. The first-order valence-electron chi connectivity index (χ1n) is 10.0. The molecule has 0 saturated carbocycles. The van der Waals surface area contributed by atoms with Crippen molar-refractivity contribution in [2.45, 2.75) is 27.2 Å². The predicted molar refractivity (Wildman–Crippen MR) is 125 cm³/mol. The van der Waals surface area contributed by atoms with Gasteiger partial charge in [-0.05, 0) is 73.9 Å². The SMILES string of the molecule is COc1ccc(Cl)cc1NC(=O)Cc1c(-c2ccc(C)c(C)c2)nc2cc(C)ccn12. The van der Waals surface area contributed by atoms with Crippen molar-refractivity contribution in [2.24, 2.45) is 0 Å². The molecule has 4 aromatic rings. The summed E-state index contributed by atoms with van der Waals surface area (Å²) in [5, 5.41) is 3.45. The number of benzene rings is 2. The van der Waals surface area contributed by atoms with Gasteiger partial charge in [-0.15, -0.1) is 0 Å². The fraction of sp³-hybridized carbons (Fsp3) is 0.200. The van der Waals surface area contributed by atoms with E-state index in [9.17, 15) is 4.79 Å². The summed E-state index contributed by atoms with van der Waals surface area (Å²) >= 11 is 6.10. The molecule has 2 heterocycles. The molecule has 0 spiro atoms. The molecule has 2 aromatic carbocycles. The molecule has 4 rings (SSSR count). The molecule has 0 radical (unpaired) electrons. The molecule has 31 heavy (non-hydrogen) atoms. The van der Waals surface area contributed by atoms with Crippen molar-refractivity contribution < 1.29 is 9.53 Å². The maximum Gasteiger partial charge on any atom is 0.230 e. The quantitative estimate of drug-likeness (QED) is 0.434. The highest BCUT2D eigenvalue weighted by Crippen LogP contribution is 2.30. The van der Waals surface area contributed by atoms with Gasteiger partial charge in [0.05, 0.1) is 30.6 Å². The summed E-state index contributed by atoms with van der Waals surface area (Å²) in [4.78, 5) is 17.9. The van der Waals surface area contributed by atoms with E-state index in [2.05, 4.69) is 37.4 Å². The number of aryl methyl sites for hydroxylation is 3. The van der Waals surface area contributed by atoms with Crippen LogP contribution in [0.5, 0.6) is 5.75 Å². The standard InChI is InChI=1S/C25H24ClN3O2/c1-15-9-10-29-21(14-24(30)27-20-13-19(26)7-8-22(20)31-4)25(28-23(29)11-15)18-6-5-16(2)17(3)12-18/h5-13H,14H2,1-4H3,(H,27,30). The zero-order valence-corrected chi connectivity index (χ0v) is 18.7. The highest BCUT2D eigenvalue weighted by molar-refractivity contribution is 6.31. The van der Waals surface area contributed by atoms with Crippen molar-refractivity contribution in [3.8, 4) is 17.0 Å². The van der Waals surface area contributed by atoms with E-state index in [1.807, 2.05) is 29.7 Å². The van der Waals surface area contributed by atoms with Gasteiger partial charge in [0.1, 0.15) is 11.4 Å². The van der Waals surface area contributed by atoms with Crippen LogP contribution in [0.3, 0.4) is 0 Å². The monoisotopic (exact) mass is 433 g/mol. The number of hydrogen-bond donors (Lipinski definition) is 1. The van der Waals surface area contributed by atoms with Gasteiger partial charge in [0, 0.05) is 16.8 Å². The first-order chi connectivity index (χ1) is 14.9. The van der Waals surface area contributed by atoms with Gasteiger partial charge >= 0.3 is 0 Å². The number of halogens is 1. The van der Waals surface area contributed by atoms with E-state index in [-0.39, 0.29) is 12.3 Å². The van der Waals surface area contributed by atoms with Crippen molar-refractivity contribution in [2.75, 3.05) is 12.4 Å². The topological polar surface area (TPSA) is 55.6 Å². The Balaban J connectivity index is 1.75. The number of methoxy groups -OCH3 is 1. The number of carbonyl (C=O) groups excluding carboxylic acids is 1. The average molecular weight is 434 g/mol. The van der Waals surface area contributed by atoms with Crippen molar-refractivity contribution in [3.63, 3.8) is 0 Å². The van der Waals surface area contributed by atoms with Crippen LogP contribution in [0.1, 0.15) is 22.4 Å². The van der Waals surface area contributed by atoms with E-state index in [1.165, 1.54) is 11.1 Å². The number of imidazole rings is 1. The summed E-state index contributed by atoms with van der Waals surface area (Å²) in [6.07, 6.45) is 2.12. The highest BCUT2D eigenvalue weighted by Gasteiger charge is 2.19. The van der Waals surface area contributed by atoms with E-state index >= 15 is 0 Å². The molecule has 0 fully saturated rings. The van der Waals surface area contributed by atoms with Gasteiger partial charge in [-0.3, -0.25) is 4.79 Å². The van der Waals surface area contributed by atoms with Crippen molar-refractivity contribution in [1.82, 2.24) is 9.38 Å². The smallest absolute Gasteiger partial charge is 0.230 e. The zero-order chi connectivity index (χ0) is 22.1. The Morgan fingerprint density at radius 2 is 1.87 bits per heavy atom. The molecule has 0 unspecified atom stereocenters. The molecule has 6 heteroatoms. The van der Waals surface area contributed by atoms with Crippen LogP contribution in [0.4, 0.5) is 5.69 Å². The summed E-state index contributed by atoms with van der Waals surface area (Å²) in [6, 6.07) is 15.4. The van der Waals surface area contributed by atoms with Crippen molar-refractivity contribution in [1.29, 1.82) is 0 Å². The molecule has 5 nitrogen and oxygen atoms in total. The minimum absolute atomic E-state index is 0.155. The number of nitrogens with one attached hydrogen (secondary N) is 1. The Hall–Kier alpha value is -3.31. The van der Waals surface area contributed by atoms with E-state index < -0.39 is 0 Å². The number of fused-ring (bicyclic) bond motifs is 1. The first kappa shape index (κ1) is 20.9. The maximum atomic E-state index is 13.0. The van der Waals surface area contributed by atoms with Crippen molar-refractivity contribution >= 4 is 28.8 Å². The third-order valence-corrected chi connectivity index (χ3v) is 5.66. The second kappa shape index (κ2) is 8.44. The first-order valence-corrected chi connectivity index (χ1v) is 10.4. The molecule has 0 saturated heterocycles. The Kier molecular flexibility index (Phi) is 5.70. The fourth-order valence-electron chi connectivity index (χ4n) is 3.61. The summed E-state index contributed by atoms with van der Waals surface area (Å²) in [6.45, 7) is 6.19. The number of ether oxygens (including phenoxy) is 1. The lowest BCUT2D eigenvalue weighted by Crippen LogP contribution is -2.16. The van der Waals surface area contributed by atoms with E-state index in [0.717, 1.165) is 28.2 Å². The Morgan fingerprint density at radius 3 is 2.61 bits per heavy atom. The molecule has 0 aliphatic rings. The van der Waals surface area contributed by atoms with E-state index in [4.69, 9.17) is 21.3 Å². The number of pyridine rings is 1. The zero-order valence-electron chi connectivity index (χ0n) is 18.0. The minimum Gasteiger partial charge on any atom is -0.495 e. The molecule has 0 aliphatic heterocycles. The third kappa shape index (κ3) is 4.28. The molecule has 0 aliphatic carbocycles. The van der Waals surface area contributed by atoms with Crippen molar-refractivity contribution in [3.05, 3.63) is 82.1 Å². The maximum absolute atomic E-state index is 13.0. The molecule has 1 amide bonds. The molecule has 158 valence electrons. The third-order valence-electron chi connectivity index (χ3n) is 5.42. The molecule has 2 aromatic heterocycles. The van der Waals surface area contributed by atoms with Crippen LogP contribution >= 0.6 is 11.6 Å². The lowest BCUT2D eigenvalue weighted by Gasteiger charge is -2.11. The molecular formula is C25H24ClN3O2. The largest absolute Gasteiger partial charge is 0.495 e. The Morgan fingerprint density at radius 1 is 1.06 bits per heavy atom. The summed E-state index contributed by atoms with van der Waals surface area (Å²) < 4.78 is 7.32. The highest BCUT2D eigenvalue weighted by atomic mass is 35.5. The number of carbonyl (C=O) groups is 1.